The molecule has 0 aliphatic carbocycles. The van der Waals surface area contributed by atoms with Crippen molar-refractivity contribution in [3.8, 4) is 5.75 Å². The number of benzene rings is 1. The zero-order valence-corrected chi connectivity index (χ0v) is 7.88. The molecule has 2 amide bonds. The van der Waals surface area contributed by atoms with Gasteiger partial charge in [0.25, 0.3) is 5.24 Å². The number of phenols is 1. The van der Waals surface area contributed by atoms with Gasteiger partial charge in [-0.1, -0.05) is 12.1 Å². The average Bonchev–Trinajstić information content (AvgIpc) is 2.47. The Morgan fingerprint density at radius 2 is 1.86 bits per heavy atom. The fraction of sp³-hybridized carbons (Fsp3) is 0.111. The van der Waals surface area contributed by atoms with Crippen molar-refractivity contribution in [2.24, 2.45) is 0 Å². The Morgan fingerprint density at radius 3 is 2.36 bits per heavy atom. The molecule has 1 heterocycles. The van der Waals surface area contributed by atoms with Gasteiger partial charge in [-0.2, -0.15) is 0 Å². The first kappa shape index (κ1) is 9.08. The van der Waals surface area contributed by atoms with Gasteiger partial charge in [0.1, 0.15) is 11.0 Å². The van der Waals surface area contributed by atoms with E-state index in [1.165, 1.54) is 12.1 Å². The number of hydrogen-bond acceptors (Lipinski definition) is 4. The molecular formula is C9H7NO3S. The highest BCUT2D eigenvalue weighted by atomic mass is 32.2. The number of rotatable bonds is 1. The molecule has 1 fully saturated rings. The van der Waals surface area contributed by atoms with Gasteiger partial charge in [-0.25, -0.2) is 0 Å². The van der Waals surface area contributed by atoms with Crippen molar-refractivity contribution in [2.75, 3.05) is 0 Å². The van der Waals surface area contributed by atoms with Gasteiger partial charge in [0.05, 0.1) is 0 Å². The number of thioether (sulfide) groups is 1. The summed E-state index contributed by atoms with van der Waals surface area (Å²) in [5.74, 6) is -0.158. The lowest BCUT2D eigenvalue weighted by Gasteiger charge is -2.04. The molecule has 0 spiro atoms. The number of imide groups is 1. The zero-order valence-electron chi connectivity index (χ0n) is 7.06. The minimum absolute atomic E-state index is 0.142. The van der Waals surface area contributed by atoms with Gasteiger partial charge < -0.3 is 5.11 Å². The first-order valence-electron chi connectivity index (χ1n) is 3.97. The van der Waals surface area contributed by atoms with E-state index in [2.05, 4.69) is 5.32 Å². The zero-order chi connectivity index (χ0) is 10.1. The number of carbonyl (C=O) groups is 2. The molecule has 14 heavy (non-hydrogen) atoms. The van der Waals surface area contributed by atoms with Gasteiger partial charge in [-0.05, 0) is 29.5 Å². The molecular weight excluding hydrogens is 202 g/mol. The summed E-state index contributed by atoms with van der Waals surface area (Å²) in [5, 5.41) is 10.4. The quantitative estimate of drug-likeness (QED) is 0.734. The third kappa shape index (κ3) is 1.58. The van der Waals surface area contributed by atoms with Crippen LogP contribution in [0, 0.1) is 0 Å². The molecule has 1 aliphatic rings. The van der Waals surface area contributed by atoms with Gasteiger partial charge in [0.15, 0.2) is 0 Å². The van der Waals surface area contributed by atoms with Crippen molar-refractivity contribution < 1.29 is 14.7 Å². The smallest absolute Gasteiger partial charge is 0.286 e. The van der Waals surface area contributed by atoms with Gasteiger partial charge in [-0.3, -0.25) is 14.9 Å². The minimum atomic E-state index is -0.483. The Balaban J connectivity index is 2.27. The Hall–Kier alpha value is -1.49. The lowest BCUT2D eigenvalue weighted by atomic mass is 10.1. The van der Waals surface area contributed by atoms with Crippen LogP contribution in [0.15, 0.2) is 24.3 Å². The largest absolute Gasteiger partial charge is 0.508 e. The van der Waals surface area contributed by atoms with Crippen molar-refractivity contribution >= 4 is 22.9 Å². The molecule has 2 rings (SSSR count). The summed E-state index contributed by atoms with van der Waals surface area (Å²) in [6.45, 7) is 0. The van der Waals surface area contributed by atoms with Crippen LogP contribution in [0.1, 0.15) is 10.8 Å². The fourth-order valence-corrected chi connectivity index (χ4v) is 2.06. The Bertz CT molecular complexity index is 388. The van der Waals surface area contributed by atoms with Crippen LogP contribution in [0.2, 0.25) is 0 Å². The van der Waals surface area contributed by atoms with Gasteiger partial charge in [0, 0.05) is 0 Å². The molecule has 0 radical (unpaired) electrons. The van der Waals surface area contributed by atoms with Gasteiger partial charge in [-0.15, -0.1) is 0 Å². The second-order valence-corrected chi connectivity index (χ2v) is 3.94. The Labute approximate surface area is 84.3 Å². The highest BCUT2D eigenvalue weighted by Gasteiger charge is 2.32. The van der Waals surface area contributed by atoms with Crippen LogP contribution in [0.4, 0.5) is 4.79 Å². The minimum Gasteiger partial charge on any atom is -0.508 e. The fourth-order valence-electron chi connectivity index (χ4n) is 1.22. The summed E-state index contributed by atoms with van der Waals surface area (Å²) in [5.41, 5.74) is 0.719. The number of carbonyl (C=O) groups excluding carboxylic acids is 2. The maximum Gasteiger partial charge on any atom is 0.286 e. The lowest BCUT2D eigenvalue weighted by molar-refractivity contribution is -0.119. The first-order valence-corrected chi connectivity index (χ1v) is 4.85. The molecule has 1 unspecified atom stereocenters. The lowest BCUT2D eigenvalue weighted by Crippen LogP contribution is -2.20. The third-order valence-corrected chi connectivity index (χ3v) is 2.92. The van der Waals surface area contributed by atoms with Crippen LogP contribution < -0.4 is 5.32 Å². The molecule has 2 N–H and O–H groups in total. The standard InChI is InChI=1S/C9H7NO3S/c11-6-3-1-5(2-4-6)7-8(12)10-9(13)14-7/h1-4,7,11H,(H,10,12,13). The monoisotopic (exact) mass is 209 g/mol. The van der Waals surface area contributed by atoms with E-state index in [1.807, 2.05) is 0 Å². The highest BCUT2D eigenvalue weighted by Crippen LogP contribution is 2.34. The normalized spacial score (nSPS) is 21.0. The molecule has 1 aliphatic heterocycles. The predicted octanol–water partition coefficient (Wildman–Crippen LogP) is 1.42. The number of aromatic hydroxyl groups is 1. The summed E-state index contributed by atoms with van der Waals surface area (Å²) >= 11 is 0.951. The second-order valence-electron chi connectivity index (χ2n) is 2.87. The molecule has 1 aromatic carbocycles. The molecule has 4 nitrogen and oxygen atoms in total. The number of amides is 2. The van der Waals surface area contributed by atoms with Crippen LogP contribution in [-0.2, 0) is 4.79 Å². The van der Waals surface area contributed by atoms with E-state index in [4.69, 9.17) is 5.11 Å². The molecule has 5 heteroatoms. The van der Waals surface area contributed by atoms with Gasteiger partial charge in [0.2, 0.25) is 5.91 Å². The molecule has 1 aromatic rings. The maximum absolute atomic E-state index is 11.3. The van der Waals surface area contributed by atoms with Crippen molar-refractivity contribution in [2.45, 2.75) is 5.25 Å². The van der Waals surface area contributed by atoms with Crippen LogP contribution in [0.25, 0.3) is 0 Å². The molecule has 1 atom stereocenters. The third-order valence-electron chi connectivity index (χ3n) is 1.88. The Kier molecular flexibility index (Phi) is 2.17. The van der Waals surface area contributed by atoms with Crippen molar-refractivity contribution in [1.29, 1.82) is 0 Å². The molecule has 0 bridgehead atoms. The van der Waals surface area contributed by atoms with Crippen LogP contribution in [-0.4, -0.2) is 16.3 Å². The van der Waals surface area contributed by atoms with E-state index < -0.39 is 5.25 Å². The summed E-state index contributed by atoms with van der Waals surface area (Å²) in [4.78, 5) is 22.1. The molecule has 1 saturated heterocycles. The van der Waals surface area contributed by atoms with Crippen molar-refractivity contribution in [3.63, 3.8) is 0 Å². The van der Waals surface area contributed by atoms with E-state index >= 15 is 0 Å². The van der Waals surface area contributed by atoms with E-state index in [0.29, 0.717) is 0 Å². The van der Waals surface area contributed by atoms with Gasteiger partial charge >= 0.3 is 0 Å². The molecule has 0 saturated carbocycles. The first-order chi connectivity index (χ1) is 6.66. The topological polar surface area (TPSA) is 66.4 Å². The van der Waals surface area contributed by atoms with Crippen molar-refractivity contribution in [1.82, 2.24) is 5.32 Å². The predicted molar refractivity (Wildman–Crippen MR) is 52.0 cm³/mol. The average molecular weight is 209 g/mol. The Morgan fingerprint density at radius 1 is 1.21 bits per heavy atom. The number of phenolic OH excluding ortho intramolecular Hbond substituents is 1. The van der Waals surface area contributed by atoms with E-state index in [1.54, 1.807) is 12.1 Å². The summed E-state index contributed by atoms with van der Waals surface area (Å²) < 4.78 is 0. The summed E-state index contributed by atoms with van der Waals surface area (Å²) in [6, 6.07) is 6.24. The van der Waals surface area contributed by atoms with Crippen molar-refractivity contribution in [3.05, 3.63) is 29.8 Å². The molecule has 72 valence electrons. The van der Waals surface area contributed by atoms with E-state index in [0.717, 1.165) is 17.3 Å². The summed E-state index contributed by atoms with van der Waals surface area (Å²) in [7, 11) is 0. The van der Waals surface area contributed by atoms with E-state index in [-0.39, 0.29) is 16.9 Å². The number of hydrogen-bond donors (Lipinski definition) is 2. The SMILES string of the molecule is O=C1NC(=O)C(c2ccc(O)cc2)S1. The summed E-state index contributed by atoms with van der Waals surface area (Å²) in [6.07, 6.45) is 0. The van der Waals surface area contributed by atoms with E-state index in [9.17, 15) is 9.59 Å². The van der Waals surface area contributed by atoms with Crippen LogP contribution in [0.5, 0.6) is 5.75 Å². The van der Waals surface area contributed by atoms with Crippen LogP contribution >= 0.6 is 11.8 Å². The second kappa shape index (κ2) is 3.34. The van der Waals surface area contributed by atoms with Crippen LogP contribution in [0.3, 0.4) is 0 Å². The molecule has 0 aromatic heterocycles. The number of nitrogens with one attached hydrogen (secondary N) is 1. The maximum atomic E-state index is 11.3. The highest BCUT2D eigenvalue weighted by molar-refractivity contribution is 8.15.